The van der Waals surface area contributed by atoms with Crippen LogP contribution in [0.2, 0.25) is 0 Å². The molecule has 158 valence electrons. The molecule has 0 saturated heterocycles. The molecule has 0 atom stereocenters. The van der Waals surface area contributed by atoms with E-state index in [9.17, 15) is 9.59 Å². The van der Waals surface area contributed by atoms with Gasteiger partial charge in [0.2, 0.25) is 0 Å². The Morgan fingerprint density at radius 2 is 1.93 bits per heavy atom. The van der Waals surface area contributed by atoms with Gasteiger partial charge in [-0.15, -0.1) is 0 Å². The maximum absolute atomic E-state index is 12.8. The van der Waals surface area contributed by atoms with Crippen molar-refractivity contribution in [1.82, 2.24) is 24.6 Å². The highest BCUT2D eigenvalue weighted by molar-refractivity contribution is 5.95. The summed E-state index contributed by atoms with van der Waals surface area (Å²) in [5.41, 5.74) is 3.28. The lowest BCUT2D eigenvalue weighted by Gasteiger charge is -2.12. The monoisotopic (exact) mass is 409 g/mol. The lowest BCUT2D eigenvalue weighted by Crippen LogP contribution is -2.27. The van der Waals surface area contributed by atoms with Gasteiger partial charge >= 0.3 is 0 Å². The number of hydrogen-bond donors (Lipinski definition) is 1. The third kappa shape index (κ3) is 4.71. The molecular weight excluding hydrogens is 382 g/mol. The molecular formula is C22H27N5O3. The third-order valence-electron chi connectivity index (χ3n) is 4.82. The summed E-state index contributed by atoms with van der Waals surface area (Å²) in [6, 6.07) is 11.1. The van der Waals surface area contributed by atoms with E-state index in [2.05, 4.69) is 10.4 Å². The Morgan fingerprint density at radius 3 is 2.60 bits per heavy atom. The molecule has 8 heteroatoms. The molecule has 2 heterocycles. The van der Waals surface area contributed by atoms with Crippen LogP contribution in [-0.4, -0.2) is 51.8 Å². The predicted octanol–water partition coefficient (Wildman–Crippen LogP) is 2.22. The predicted molar refractivity (Wildman–Crippen MR) is 114 cm³/mol. The molecule has 0 saturated carbocycles. The second kappa shape index (κ2) is 8.86. The first-order valence-electron chi connectivity index (χ1n) is 9.65. The topological polar surface area (TPSA) is 81.4 Å². The van der Waals surface area contributed by atoms with Crippen molar-refractivity contribution in [2.75, 3.05) is 20.7 Å². The van der Waals surface area contributed by atoms with Gasteiger partial charge in [-0.25, -0.2) is 0 Å². The van der Waals surface area contributed by atoms with Crippen molar-refractivity contribution in [2.24, 2.45) is 7.05 Å². The number of carbonyl (C=O) groups is 2. The number of ether oxygens (including phenoxy) is 1. The first-order chi connectivity index (χ1) is 14.3. The fourth-order valence-corrected chi connectivity index (χ4v) is 3.16. The second-order valence-corrected chi connectivity index (χ2v) is 7.37. The van der Waals surface area contributed by atoms with Crippen molar-refractivity contribution in [3.8, 4) is 11.6 Å². The summed E-state index contributed by atoms with van der Waals surface area (Å²) in [4.78, 5) is 25.9. The van der Waals surface area contributed by atoms with Gasteiger partial charge in [-0.1, -0.05) is 12.1 Å². The van der Waals surface area contributed by atoms with Crippen LogP contribution in [0.5, 0.6) is 5.75 Å². The number of rotatable bonds is 7. The second-order valence-electron chi connectivity index (χ2n) is 7.37. The summed E-state index contributed by atoms with van der Waals surface area (Å²) in [7, 11) is 5.23. The van der Waals surface area contributed by atoms with Crippen LogP contribution in [-0.2, 0) is 18.4 Å². The maximum Gasteiger partial charge on any atom is 0.259 e. The van der Waals surface area contributed by atoms with Crippen molar-refractivity contribution in [3.05, 3.63) is 65.1 Å². The van der Waals surface area contributed by atoms with Gasteiger partial charge in [0.05, 0.1) is 5.56 Å². The Bertz CT molecular complexity index is 1060. The molecule has 1 aromatic carbocycles. The van der Waals surface area contributed by atoms with E-state index in [0.29, 0.717) is 17.9 Å². The number of aromatic nitrogens is 3. The molecule has 3 aromatic rings. The van der Waals surface area contributed by atoms with Gasteiger partial charge in [0.1, 0.15) is 5.75 Å². The summed E-state index contributed by atoms with van der Waals surface area (Å²) < 4.78 is 9.23. The average Bonchev–Trinajstić information content (AvgIpc) is 3.26. The molecule has 2 aromatic heterocycles. The SMILES string of the molecule is Cc1cc(C(=O)NCc2cccc(OCC(=O)N(C)C)c2)c(C)n1-c1ccn(C)n1. The van der Waals surface area contributed by atoms with Crippen molar-refractivity contribution >= 4 is 11.8 Å². The smallest absolute Gasteiger partial charge is 0.259 e. The van der Waals surface area contributed by atoms with Gasteiger partial charge < -0.3 is 19.5 Å². The van der Waals surface area contributed by atoms with Crippen molar-refractivity contribution in [2.45, 2.75) is 20.4 Å². The lowest BCUT2D eigenvalue weighted by molar-refractivity contribution is -0.130. The third-order valence-corrected chi connectivity index (χ3v) is 4.82. The first-order valence-corrected chi connectivity index (χ1v) is 9.65. The summed E-state index contributed by atoms with van der Waals surface area (Å²) in [5, 5.41) is 7.38. The summed E-state index contributed by atoms with van der Waals surface area (Å²) in [5.74, 6) is 1.10. The molecule has 0 aliphatic carbocycles. The number of aryl methyl sites for hydroxylation is 2. The fraction of sp³-hybridized carbons (Fsp3) is 0.318. The van der Waals surface area contributed by atoms with Crippen molar-refractivity contribution in [3.63, 3.8) is 0 Å². The highest BCUT2D eigenvalue weighted by Gasteiger charge is 2.17. The van der Waals surface area contributed by atoms with E-state index in [1.165, 1.54) is 4.90 Å². The number of amides is 2. The highest BCUT2D eigenvalue weighted by atomic mass is 16.5. The van der Waals surface area contributed by atoms with Crippen LogP contribution in [0.15, 0.2) is 42.6 Å². The Labute approximate surface area is 176 Å². The molecule has 1 N–H and O–H groups in total. The van der Waals surface area contributed by atoms with E-state index in [-0.39, 0.29) is 18.4 Å². The molecule has 0 unspecified atom stereocenters. The number of nitrogens with zero attached hydrogens (tertiary/aromatic N) is 4. The standard InChI is InChI=1S/C22H27N5O3/c1-15-11-19(16(2)27(15)20-9-10-26(5)24-20)22(29)23-13-17-7-6-8-18(12-17)30-14-21(28)25(3)4/h6-12H,13-14H2,1-5H3,(H,23,29). The Hall–Kier alpha value is -3.55. The number of nitrogens with one attached hydrogen (secondary N) is 1. The molecule has 0 bridgehead atoms. The molecule has 0 aliphatic rings. The van der Waals surface area contributed by atoms with Gasteiger partial charge in [-0.3, -0.25) is 14.3 Å². The molecule has 8 nitrogen and oxygen atoms in total. The van der Waals surface area contributed by atoms with Crippen LogP contribution < -0.4 is 10.1 Å². The van der Waals surface area contributed by atoms with E-state index in [1.54, 1.807) is 24.8 Å². The minimum Gasteiger partial charge on any atom is -0.484 e. The Morgan fingerprint density at radius 1 is 1.17 bits per heavy atom. The molecule has 3 rings (SSSR count). The van der Waals surface area contributed by atoms with E-state index in [1.807, 2.05) is 62.0 Å². The van der Waals surface area contributed by atoms with Gasteiger partial charge in [-0.2, -0.15) is 5.10 Å². The minimum absolute atomic E-state index is 0.0255. The minimum atomic E-state index is -0.153. The Balaban J connectivity index is 1.66. The molecule has 0 spiro atoms. The van der Waals surface area contributed by atoms with Crippen LogP contribution in [0.4, 0.5) is 0 Å². The van der Waals surface area contributed by atoms with Crippen LogP contribution in [0.3, 0.4) is 0 Å². The van der Waals surface area contributed by atoms with E-state index < -0.39 is 0 Å². The van der Waals surface area contributed by atoms with E-state index in [0.717, 1.165) is 22.8 Å². The largest absolute Gasteiger partial charge is 0.484 e. The Kier molecular flexibility index (Phi) is 6.25. The summed E-state index contributed by atoms with van der Waals surface area (Å²) in [6.07, 6.45) is 1.87. The van der Waals surface area contributed by atoms with Crippen molar-refractivity contribution in [1.29, 1.82) is 0 Å². The summed E-state index contributed by atoms with van der Waals surface area (Å²) >= 11 is 0. The van der Waals surface area contributed by atoms with Crippen molar-refractivity contribution < 1.29 is 14.3 Å². The number of hydrogen-bond acceptors (Lipinski definition) is 4. The van der Waals surface area contributed by atoms with Crippen LogP contribution in [0.1, 0.15) is 27.3 Å². The summed E-state index contributed by atoms with van der Waals surface area (Å²) in [6.45, 7) is 4.19. The maximum atomic E-state index is 12.8. The zero-order valence-electron chi connectivity index (χ0n) is 18.0. The first kappa shape index (κ1) is 21.2. The molecule has 0 aliphatic heterocycles. The normalized spacial score (nSPS) is 10.7. The number of likely N-dealkylation sites (N-methyl/N-ethyl adjacent to an activating group) is 1. The van der Waals surface area contributed by atoms with Gasteiger partial charge in [0.15, 0.2) is 12.4 Å². The zero-order valence-corrected chi connectivity index (χ0v) is 18.0. The lowest BCUT2D eigenvalue weighted by atomic mass is 10.2. The molecule has 0 fully saturated rings. The number of benzene rings is 1. The van der Waals surface area contributed by atoms with Crippen LogP contribution >= 0.6 is 0 Å². The van der Waals surface area contributed by atoms with Gasteiger partial charge in [0, 0.05) is 51.3 Å². The van der Waals surface area contributed by atoms with E-state index >= 15 is 0 Å². The van der Waals surface area contributed by atoms with Crippen LogP contribution in [0, 0.1) is 13.8 Å². The van der Waals surface area contributed by atoms with Gasteiger partial charge in [0.25, 0.3) is 11.8 Å². The van der Waals surface area contributed by atoms with Crippen LogP contribution in [0.25, 0.3) is 5.82 Å². The average molecular weight is 409 g/mol. The van der Waals surface area contributed by atoms with E-state index in [4.69, 9.17) is 4.74 Å². The molecule has 30 heavy (non-hydrogen) atoms. The van der Waals surface area contributed by atoms with Gasteiger partial charge in [-0.05, 0) is 37.6 Å². The molecule has 2 amide bonds. The number of carbonyl (C=O) groups excluding carboxylic acids is 2. The highest BCUT2D eigenvalue weighted by Crippen LogP contribution is 2.20. The molecule has 0 radical (unpaired) electrons. The fourth-order valence-electron chi connectivity index (χ4n) is 3.16. The quantitative estimate of drug-likeness (QED) is 0.649. The zero-order chi connectivity index (χ0) is 21.8.